The molecule has 0 aliphatic carbocycles. The fourth-order valence-electron chi connectivity index (χ4n) is 1.50. The van der Waals surface area contributed by atoms with Crippen molar-refractivity contribution >= 4 is 11.6 Å². The first-order valence-corrected chi connectivity index (χ1v) is 5.65. The predicted octanol–water partition coefficient (Wildman–Crippen LogP) is 1.47. The molecule has 4 heteroatoms. The minimum absolute atomic E-state index is 0.0450. The molecule has 94 valence electrons. The van der Waals surface area contributed by atoms with E-state index in [1.165, 1.54) is 0 Å². The minimum atomic E-state index is -0.425. The summed E-state index contributed by atoms with van der Waals surface area (Å²) in [6.07, 6.45) is 0.514. The maximum atomic E-state index is 12.0. The van der Waals surface area contributed by atoms with Crippen LogP contribution in [0.2, 0.25) is 0 Å². The molecule has 0 aromatic heterocycles. The fourth-order valence-corrected chi connectivity index (χ4v) is 1.50. The Morgan fingerprint density at radius 3 is 2.65 bits per heavy atom. The van der Waals surface area contributed by atoms with Gasteiger partial charge in [-0.15, -0.1) is 0 Å². The highest BCUT2D eigenvalue weighted by atomic mass is 16.3. The Bertz CT molecular complexity index is 414. The highest BCUT2D eigenvalue weighted by molar-refractivity contribution is 5.95. The van der Waals surface area contributed by atoms with Crippen molar-refractivity contribution in [3.8, 4) is 0 Å². The third-order valence-corrected chi connectivity index (χ3v) is 2.73. The van der Waals surface area contributed by atoms with Crippen LogP contribution in [0.25, 0.3) is 0 Å². The zero-order chi connectivity index (χ0) is 13.1. The van der Waals surface area contributed by atoms with Gasteiger partial charge >= 0.3 is 0 Å². The van der Waals surface area contributed by atoms with E-state index in [0.29, 0.717) is 17.7 Å². The van der Waals surface area contributed by atoms with Gasteiger partial charge in [0.1, 0.15) is 0 Å². The molecule has 0 saturated heterocycles. The summed E-state index contributed by atoms with van der Waals surface area (Å²) in [6.45, 7) is 5.69. The smallest absolute Gasteiger partial charge is 0.251 e. The van der Waals surface area contributed by atoms with Gasteiger partial charge < -0.3 is 16.2 Å². The molecule has 0 spiro atoms. The highest BCUT2D eigenvalue weighted by Gasteiger charge is 2.20. The lowest BCUT2D eigenvalue weighted by atomic mass is 10.00. The van der Waals surface area contributed by atoms with Gasteiger partial charge in [0.05, 0.1) is 0 Å². The van der Waals surface area contributed by atoms with E-state index in [4.69, 9.17) is 10.8 Å². The molecule has 0 atom stereocenters. The number of carbonyl (C=O) groups excluding carboxylic acids is 1. The topological polar surface area (TPSA) is 75.3 Å². The van der Waals surface area contributed by atoms with Crippen molar-refractivity contribution in [2.75, 3.05) is 12.3 Å². The van der Waals surface area contributed by atoms with Crippen LogP contribution in [0.15, 0.2) is 18.2 Å². The van der Waals surface area contributed by atoms with Gasteiger partial charge in [-0.2, -0.15) is 0 Å². The molecule has 0 radical (unpaired) electrons. The number of amides is 1. The number of nitrogen functional groups attached to an aromatic ring is 1. The summed E-state index contributed by atoms with van der Waals surface area (Å²) < 4.78 is 0. The number of aliphatic hydroxyl groups is 1. The zero-order valence-electron chi connectivity index (χ0n) is 10.6. The Morgan fingerprint density at radius 1 is 1.47 bits per heavy atom. The summed E-state index contributed by atoms with van der Waals surface area (Å²) in [6, 6.07) is 5.24. The van der Waals surface area contributed by atoms with Gasteiger partial charge in [-0.3, -0.25) is 4.79 Å². The van der Waals surface area contributed by atoms with Crippen LogP contribution in [0.3, 0.4) is 0 Å². The summed E-state index contributed by atoms with van der Waals surface area (Å²) in [7, 11) is 0. The summed E-state index contributed by atoms with van der Waals surface area (Å²) in [5.41, 5.74) is 7.44. The van der Waals surface area contributed by atoms with E-state index in [1.54, 1.807) is 12.1 Å². The van der Waals surface area contributed by atoms with Crippen LogP contribution in [0, 0.1) is 6.92 Å². The number of nitrogens with two attached hydrogens (primary N) is 1. The molecule has 0 bridgehead atoms. The lowest BCUT2D eigenvalue weighted by molar-refractivity contribution is 0.0899. The van der Waals surface area contributed by atoms with E-state index >= 15 is 0 Å². The molecule has 0 saturated carbocycles. The number of hydrogen-bond acceptors (Lipinski definition) is 3. The number of benzene rings is 1. The first kappa shape index (κ1) is 13.5. The second-order valence-corrected chi connectivity index (χ2v) is 4.88. The molecule has 0 aliphatic rings. The number of rotatable bonds is 4. The molecule has 0 aliphatic heterocycles. The van der Waals surface area contributed by atoms with Gasteiger partial charge in [-0.25, -0.2) is 0 Å². The fraction of sp³-hybridized carbons (Fsp3) is 0.462. The van der Waals surface area contributed by atoms with E-state index in [1.807, 2.05) is 26.8 Å². The van der Waals surface area contributed by atoms with Crippen LogP contribution in [0.1, 0.15) is 36.2 Å². The molecule has 1 amide bonds. The molecular weight excluding hydrogens is 216 g/mol. The maximum Gasteiger partial charge on any atom is 0.251 e. The third-order valence-electron chi connectivity index (χ3n) is 2.73. The lowest BCUT2D eigenvalue weighted by Crippen LogP contribution is -2.44. The van der Waals surface area contributed by atoms with Gasteiger partial charge in [-0.05, 0) is 44.9 Å². The maximum absolute atomic E-state index is 12.0. The van der Waals surface area contributed by atoms with Crippen LogP contribution in [-0.2, 0) is 0 Å². The van der Waals surface area contributed by atoms with Crippen molar-refractivity contribution in [3.63, 3.8) is 0 Å². The molecular formula is C13H20N2O2. The van der Waals surface area contributed by atoms with E-state index < -0.39 is 5.54 Å². The SMILES string of the molecule is Cc1ccc(C(=O)NC(C)(C)CCO)cc1N. The van der Waals surface area contributed by atoms with Crippen LogP contribution in [0.5, 0.6) is 0 Å². The first-order chi connectivity index (χ1) is 7.85. The molecule has 0 heterocycles. The Hall–Kier alpha value is -1.55. The lowest BCUT2D eigenvalue weighted by Gasteiger charge is -2.25. The standard InChI is InChI=1S/C13H20N2O2/c1-9-4-5-10(8-11(9)14)12(17)15-13(2,3)6-7-16/h4-5,8,16H,6-7,14H2,1-3H3,(H,15,17). The third kappa shape index (κ3) is 3.75. The van der Waals surface area contributed by atoms with Gasteiger partial charge in [0.25, 0.3) is 5.91 Å². The number of nitrogens with one attached hydrogen (secondary N) is 1. The van der Waals surface area contributed by atoms with E-state index in [0.717, 1.165) is 5.56 Å². The second kappa shape index (κ2) is 5.19. The van der Waals surface area contributed by atoms with Gasteiger partial charge in [0.15, 0.2) is 0 Å². The normalized spacial score (nSPS) is 11.3. The van der Waals surface area contributed by atoms with Crippen LogP contribution < -0.4 is 11.1 Å². The molecule has 17 heavy (non-hydrogen) atoms. The van der Waals surface area contributed by atoms with Gasteiger partial charge in [-0.1, -0.05) is 6.07 Å². The van der Waals surface area contributed by atoms with Crippen LogP contribution >= 0.6 is 0 Å². The molecule has 1 aromatic rings. The monoisotopic (exact) mass is 236 g/mol. The number of aryl methyl sites for hydroxylation is 1. The van der Waals surface area contributed by atoms with Crippen molar-refractivity contribution in [1.29, 1.82) is 0 Å². The number of hydrogen-bond donors (Lipinski definition) is 3. The van der Waals surface area contributed by atoms with E-state index in [9.17, 15) is 4.79 Å². The molecule has 4 N–H and O–H groups in total. The van der Waals surface area contributed by atoms with Crippen molar-refractivity contribution in [3.05, 3.63) is 29.3 Å². The Kier molecular flexibility index (Phi) is 4.12. The predicted molar refractivity (Wildman–Crippen MR) is 68.8 cm³/mol. The Morgan fingerprint density at radius 2 is 2.12 bits per heavy atom. The average Bonchev–Trinajstić information content (AvgIpc) is 2.21. The van der Waals surface area contributed by atoms with Gasteiger partial charge in [0.2, 0.25) is 0 Å². The van der Waals surface area contributed by atoms with Gasteiger partial charge in [0, 0.05) is 23.4 Å². The van der Waals surface area contributed by atoms with Crippen LogP contribution in [0.4, 0.5) is 5.69 Å². The Balaban J connectivity index is 2.80. The van der Waals surface area contributed by atoms with E-state index in [2.05, 4.69) is 5.32 Å². The summed E-state index contributed by atoms with van der Waals surface area (Å²) >= 11 is 0. The van der Waals surface area contributed by atoms with Crippen molar-refractivity contribution in [1.82, 2.24) is 5.32 Å². The molecule has 0 unspecified atom stereocenters. The molecule has 4 nitrogen and oxygen atoms in total. The minimum Gasteiger partial charge on any atom is -0.398 e. The molecule has 1 aromatic carbocycles. The Labute approximate surface area is 102 Å². The number of aliphatic hydroxyl groups excluding tert-OH is 1. The van der Waals surface area contributed by atoms with Crippen molar-refractivity contribution in [2.24, 2.45) is 0 Å². The zero-order valence-corrected chi connectivity index (χ0v) is 10.6. The average molecular weight is 236 g/mol. The van der Waals surface area contributed by atoms with Crippen molar-refractivity contribution < 1.29 is 9.90 Å². The summed E-state index contributed by atoms with van der Waals surface area (Å²) in [5, 5.41) is 11.8. The second-order valence-electron chi connectivity index (χ2n) is 4.88. The number of anilines is 1. The summed E-state index contributed by atoms with van der Waals surface area (Å²) in [4.78, 5) is 12.0. The van der Waals surface area contributed by atoms with Crippen molar-refractivity contribution in [2.45, 2.75) is 32.7 Å². The highest BCUT2D eigenvalue weighted by Crippen LogP contribution is 2.14. The van der Waals surface area contributed by atoms with E-state index in [-0.39, 0.29) is 12.5 Å². The number of carbonyl (C=O) groups is 1. The quantitative estimate of drug-likeness (QED) is 0.693. The van der Waals surface area contributed by atoms with Crippen LogP contribution in [-0.4, -0.2) is 23.2 Å². The molecule has 0 fully saturated rings. The summed E-state index contributed by atoms with van der Waals surface area (Å²) in [5.74, 6) is -0.171. The first-order valence-electron chi connectivity index (χ1n) is 5.65. The molecule has 1 rings (SSSR count). The largest absolute Gasteiger partial charge is 0.398 e.